The first-order chi connectivity index (χ1) is 22.7. The number of carbonyl (C=O) groups is 3. The number of rotatable bonds is 8. The summed E-state index contributed by atoms with van der Waals surface area (Å²) in [5.74, 6) is -4.13. The number of hydrogen-bond donors (Lipinski definition) is 2. The van der Waals surface area contributed by atoms with Gasteiger partial charge >= 0.3 is 18.0 Å². The van der Waals surface area contributed by atoms with E-state index >= 15 is 0 Å². The Labute approximate surface area is 280 Å². The average molecular weight is 712 g/mol. The Kier molecular flexibility index (Phi) is 9.63. The molecule has 9 nitrogen and oxygen atoms in total. The molecule has 6 rings (SSSR count). The highest BCUT2D eigenvalue weighted by atomic mass is 79.9. The quantitative estimate of drug-likeness (QED) is 0.228. The van der Waals surface area contributed by atoms with E-state index in [2.05, 4.69) is 73.9 Å². The number of nitrogens with one attached hydrogen (secondary N) is 2. The lowest BCUT2D eigenvalue weighted by atomic mass is 9.71. The number of nitrogens with zero attached hydrogens (tertiary/aromatic N) is 2. The van der Waals surface area contributed by atoms with E-state index < -0.39 is 47.7 Å². The average Bonchev–Trinajstić information content (AvgIpc) is 3.32. The van der Waals surface area contributed by atoms with Crippen molar-refractivity contribution >= 4 is 34.0 Å². The minimum Gasteiger partial charge on any atom is -0.469 e. The van der Waals surface area contributed by atoms with Gasteiger partial charge in [-0.2, -0.15) is 0 Å². The highest BCUT2D eigenvalue weighted by Gasteiger charge is 2.50. The molecule has 3 aliphatic rings. The Balaban J connectivity index is 1.11. The largest absolute Gasteiger partial charge is 0.469 e. The van der Waals surface area contributed by atoms with Crippen LogP contribution in [-0.2, 0) is 19.7 Å². The Morgan fingerprint density at radius 1 is 1.00 bits per heavy atom. The third-order valence-electron chi connectivity index (χ3n) is 9.77. The molecule has 0 bridgehead atoms. The second-order valence-corrected chi connectivity index (χ2v) is 13.2. The summed E-state index contributed by atoms with van der Waals surface area (Å²) in [6, 6.07) is 14.6. The van der Waals surface area contributed by atoms with E-state index in [0.717, 1.165) is 54.0 Å². The topological polar surface area (TPSA) is 100 Å². The van der Waals surface area contributed by atoms with Crippen LogP contribution in [0, 0.1) is 17.6 Å². The van der Waals surface area contributed by atoms with Crippen LogP contribution < -0.4 is 10.6 Å². The van der Waals surface area contributed by atoms with E-state index in [-0.39, 0.29) is 24.1 Å². The fraction of sp³-hybridized carbons (Fsp3) is 0.400. The Hall–Kier alpha value is -3.87. The number of halogens is 3. The van der Waals surface area contributed by atoms with E-state index in [1.54, 1.807) is 0 Å². The summed E-state index contributed by atoms with van der Waals surface area (Å²) in [6.45, 7) is 2.72. The maximum atomic E-state index is 14.4. The van der Waals surface area contributed by atoms with E-state index in [4.69, 9.17) is 9.47 Å². The minimum atomic E-state index is -1.26. The fourth-order valence-electron chi connectivity index (χ4n) is 7.56. The zero-order chi connectivity index (χ0) is 33.3. The van der Waals surface area contributed by atoms with Crippen LogP contribution in [0.25, 0.3) is 11.1 Å². The molecule has 248 valence electrons. The van der Waals surface area contributed by atoms with Gasteiger partial charge in [0.1, 0.15) is 5.92 Å². The Morgan fingerprint density at radius 2 is 1.74 bits per heavy atom. The predicted octanol–water partition coefficient (Wildman–Crippen LogP) is 5.76. The van der Waals surface area contributed by atoms with Gasteiger partial charge in [-0.1, -0.05) is 52.3 Å². The summed E-state index contributed by atoms with van der Waals surface area (Å²) < 4.78 is 39.5. The Morgan fingerprint density at radius 3 is 2.47 bits per heavy atom. The number of likely N-dealkylation sites (tertiary alicyclic amines) is 1. The maximum Gasteiger partial charge on any atom is 0.326 e. The SMILES string of the molecule is COCC1NC(=O)N(C(=O)NCCCN2CCC3(CC2)c2ccccc2-c2ccc(Br)cc23)C(c2ccc(F)c(F)c2)C1C(=O)OC. The van der Waals surface area contributed by atoms with Gasteiger partial charge in [0.15, 0.2) is 11.6 Å². The van der Waals surface area contributed by atoms with Gasteiger partial charge in [0.05, 0.1) is 25.8 Å². The zero-order valence-corrected chi connectivity index (χ0v) is 27.8. The molecule has 12 heteroatoms. The highest BCUT2D eigenvalue weighted by Crippen LogP contribution is 2.54. The first kappa shape index (κ1) is 33.0. The molecule has 4 amide bonds. The van der Waals surface area contributed by atoms with Crippen LogP contribution in [0.5, 0.6) is 0 Å². The second kappa shape index (κ2) is 13.7. The van der Waals surface area contributed by atoms with Crippen LogP contribution in [0.4, 0.5) is 18.4 Å². The molecule has 2 fully saturated rings. The van der Waals surface area contributed by atoms with Gasteiger partial charge in [0.2, 0.25) is 0 Å². The molecule has 0 saturated carbocycles. The third kappa shape index (κ3) is 6.14. The molecule has 3 unspecified atom stereocenters. The molecule has 3 aromatic rings. The minimum absolute atomic E-state index is 0.0340. The lowest BCUT2D eigenvalue weighted by Crippen LogP contribution is -2.64. The number of benzene rings is 3. The van der Waals surface area contributed by atoms with Crippen LogP contribution in [0.15, 0.2) is 65.1 Å². The van der Waals surface area contributed by atoms with Crippen molar-refractivity contribution in [2.45, 2.75) is 36.8 Å². The van der Waals surface area contributed by atoms with Gasteiger partial charge in [0, 0.05) is 23.5 Å². The molecule has 2 aliphatic heterocycles. The van der Waals surface area contributed by atoms with E-state index in [1.165, 1.54) is 42.5 Å². The maximum absolute atomic E-state index is 14.4. The van der Waals surface area contributed by atoms with E-state index in [0.29, 0.717) is 6.42 Å². The highest BCUT2D eigenvalue weighted by molar-refractivity contribution is 9.10. The van der Waals surface area contributed by atoms with Crippen molar-refractivity contribution in [1.82, 2.24) is 20.4 Å². The smallest absolute Gasteiger partial charge is 0.326 e. The number of fused-ring (bicyclic) bond motifs is 5. The molecule has 2 heterocycles. The molecule has 2 saturated heterocycles. The number of imide groups is 1. The van der Waals surface area contributed by atoms with Crippen LogP contribution in [0.2, 0.25) is 0 Å². The van der Waals surface area contributed by atoms with Gasteiger partial charge in [-0.15, -0.1) is 0 Å². The predicted molar refractivity (Wildman–Crippen MR) is 175 cm³/mol. The normalized spacial score (nSPS) is 21.6. The van der Waals surface area contributed by atoms with E-state index in [9.17, 15) is 23.2 Å². The van der Waals surface area contributed by atoms with Crippen molar-refractivity contribution in [2.75, 3.05) is 47.0 Å². The second-order valence-electron chi connectivity index (χ2n) is 12.3. The number of carbonyl (C=O) groups excluding carboxylic acids is 3. The number of ether oxygens (including phenoxy) is 2. The molecule has 3 atom stereocenters. The zero-order valence-electron chi connectivity index (χ0n) is 26.2. The molecule has 0 radical (unpaired) electrons. The van der Waals surface area contributed by atoms with Gasteiger partial charge < -0.3 is 25.0 Å². The van der Waals surface area contributed by atoms with Crippen molar-refractivity contribution < 1.29 is 32.6 Å². The summed E-state index contributed by atoms with van der Waals surface area (Å²) in [5, 5.41) is 5.44. The molecule has 2 N–H and O–H groups in total. The van der Waals surface area contributed by atoms with Gasteiger partial charge in [-0.3, -0.25) is 4.79 Å². The van der Waals surface area contributed by atoms with Crippen molar-refractivity contribution in [3.05, 3.63) is 93.5 Å². The molecular weight excluding hydrogens is 674 g/mol. The van der Waals surface area contributed by atoms with Gasteiger partial charge in [-0.05, 0) is 91.0 Å². The van der Waals surface area contributed by atoms with Crippen LogP contribution in [0.1, 0.15) is 42.0 Å². The standard InChI is InChI=1S/C35H37BrF2N4O5/c1-46-20-29-30(32(43)47-2)31(21-8-11-27(37)28(38)18-21)42(34(45)40-29)33(44)39-14-5-15-41-16-12-35(13-17-41)25-7-4-3-6-23(25)24-10-9-22(36)19-26(24)35/h3-4,6-11,18-19,29-31H,5,12-17,20H2,1-2H3,(H,39,44)(H,40,45). The first-order valence-electron chi connectivity index (χ1n) is 15.7. The molecule has 0 aromatic heterocycles. The van der Waals surface area contributed by atoms with Crippen molar-refractivity contribution in [2.24, 2.45) is 5.92 Å². The number of hydrogen-bond acceptors (Lipinski definition) is 6. The third-order valence-corrected chi connectivity index (χ3v) is 10.3. The molecule has 47 heavy (non-hydrogen) atoms. The molecule has 1 aliphatic carbocycles. The molecule has 1 spiro atoms. The Bertz CT molecular complexity index is 1680. The summed E-state index contributed by atoms with van der Waals surface area (Å²) in [4.78, 5) is 43.0. The van der Waals surface area contributed by atoms with Crippen LogP contribution >= 0.6 is 15.9 Å². The summed E-state index contributed by atoms with van der Waals surface area (Å²) in [5.41, 5.74) is 5.40. The summed E-state index contributed by atoms with van der Waals surface area (Å²) >= 11 is 3.67. The van der Waals surface area contributed by atoms with Crippen molar-refractivity contribution in [3.8, 4) is 11.1 Å². The number of esters is 1. The van der Waals surface area contributed by atoms with Crippen molar-refractivity contribution in [1.29, 1.82) is 0 Å². The molecule has 3 aromatic carbocycles. The summed E-state index contributed by atoms with van der Waals surface area (Å²) in [7, 11) is 2.58. The number of amides is 4. The van der Waals surface area contributed by atoms with E-state index in [1.807, 2.05) is 0 Å². The first-order valence-corrected chi connectivity index (χ1v) is 16.5. The van der Waals surface area contributed by atoms with Crippen LogP contribution in [-0.4, -0.2) is 80.9 Å². The number of methoxy groups -OCH3 is 2. The fourth-order valence-corrected chi connectivity index (χ4v) is 7.92. The monoisotopic (exact) mass is 710 g/mol. The van der Waals surface area contributed by atoms with Gasteiger partial charge in [-0.25, -0.2) is 23.3 Å². The molecular formula is C35H37BrF2N4O5. The lowest BCUT2D eigenvalue weighted by Gasteiger charge is -2.43. The summed E-state index contributed by atoms with van der Waals surface area (Å²) in [6.07, 6.45) is 2.57. The lowest BCUT2D eigenvalue weighted by molar-refractivity contribution is -0.150. The van der Waals surface area contributed by atoms with Gasteiger partial charge in [0.25, 0.3) is 0 Å². The number of piperidine rings is 1. The number of urea groups is 2. The van der Waals surface area contributed by atoms with Crippen molar-refractivity contribution in [3.63, 3.8) is 0 Å². The van der Waals surface area contributed by atoms with Crippen LogP contribution in [0.3, 0.4) is 0 Å².